The van der Waals surface area contributed by atoms with Gasteiger partial charge in [0.2, 0.25) is 5.88 Å². The maximum atomic E-state index is 12.7. The lowest BCUT2D eigenvalue weighted by Gasteiger charge is -2.07. The summed E-state index contributed by atoms with van der Waals surface area (Å²) in [6.45, 7) is 1.73. The first kappa shape index (κ1) is 15.0. The molecule has 0 spiro atoms. The summed E-state index contributed by atoms with van der Waals surface area (Å²) in [5, 5.41) is 0.405. The Morgan fingerprint density at radius 2 is 2.09 bits per heavy atom. The molecule has 1 saturated carbocycles. The van der Waals surface area contributed by atoms with Crippen LogP contribution in [0.3, 0.4) is 0 Å². The summed E-state index contributed by atoms with van der Waals surface area (Å²) in [5.41, 5.74) is -0.369. The Labute approximate surface area is 128 Å². The van der Waals surface area contributed by atoms with Gasteiger partial charge < -0.3 is 4.74 Å². The van der Waals surface area contributed by atoms with Gasteiger partial charge >= 0.3 is 12.1 Å². The first-order chi connectivity index (χ1) is 10.3. The molecule has 2 aromatic rings. The second-order valence-corrected chi connectivity index (χ2v) is 6.36. The van der Waals surface area contributed by atoms with Crippen LogP contribution in [0.4, 0.5) is 13.2 Å². The SMILES string of the molecule is Cc1sc(-c2cccc(C(F)(F)F)c2)nc1OC(=O)C1CC1. The molecule has 22 heavy (non-hydrogen) atoms. The lowest BCUT2D eigenvalue weighted by atomic mass is 10.1. The van der Waals surface area contributed by atoms with Crippen LogP contribution in [-0.2, 0) is 11.0 Å². The second-order valence-electron chi connectivity index (χ2n) is 5.15. The van der Waals surface area contributed by atoms with Crippen molar-refractivity contribution >= 4 is 17.3 Å². The van der Waals surface area contributed by atoms with Crippen molar-refractivity contribution in [3.63, 3.8) is 0 Å². The number of esters is 1. The number of aryl methyl sites for hydroxylation is 1. The van der Waals surface area contributed by atoms with E-state index in [2.05, 4.69) is 4.98 Å². The summed E-state index contributed by atoms with van der Waals surface area (Å²) >= 11 is 1.21. The molecule has 7 heteroatoms. The lowest BCUT2D eigenvalue weighted by Crippen LogP contribution is -2.10. The standard InChI is InChI=1S/C15H12F3NO2S/c1-8-12(21-14(20)9-5-6-9)19-13(22-8)10-3-2-4-11(7-10)15(16,17)18/h2-4,7,9H,5-6H2,1H3. The Bertz CT molecular complexity index is 720. The third kappa shape index (κ3) is 3.14. The number of aromatic nitrogens is 1. The summed E-state index contributed by atoms with van der Waals surface area (Å²) in [6.07, 6.45) is -2.76. The number of benzene rings is 1. The summed E-state index contributed by atoms with van der Waals surface area (Å²) in [7, 11) is 0. The molecule has 1 aromatic heterocycles. The molecule has 0 aliphatic heterocycles. The molecule has 1 fully saturated rings. The van der Waals surface area contributed by atoms with E-state index in [4.69, 9.17) is 4.74 Å². The van der Waals surface area contributed by atoms with Gasteiger partial charge in [-0.2, -0.15) is 13.2 Å². The average molecular weight is 327 g/mol. The largest absolute Gasteiger partial charge is 0.416 e. The zero-order valence-corrected chi connectivity index (χ0v) is 12.4. The summed E-state index contributed by atoms with van der Waals surface area (Å²) < 4.78 is 43.5. The molecule has 3 rings (SSSR count). The molecule has 1 heterocycles. The topological polar surface area (TPSA) is 39.2 Å². The Balaban J connectivity index is 1.87. The highest BCUT2D eigenvalue weighted by Crippen LogP contribution is 2.37. The minimum atomic E-state index is -4.40. The second kappa shape index (κ2) is 5.39. The van der Waals surface area contributed by atoms with E-state index >= 15 is 0 Å². The molecular formula is C15H12F3NO2S. The Kier molecular flexibility index (Phi) is 3.68. The molecule has 116 valence electrons. The molecule has 1 aromatic carbocycles. The van der Waals surface area contributed by atoms with Crippen LogP contribution in [0.2, 0.25) is 0 Å². The van der Waals surface area contributed by atoms with Gasteiger partial charge in [-0.1, -0.05) is 12.1 Å². The molecule has 0 bridgehead atoms. The number of halogens is 3. The smallest absolute Gasteiger partial charge is 0.406 e. The van der Waals surface area contributed by atoms with Crippen molar-refractivity contribution < 1.29 is 22.7 Å². The number of alkyl halides is 3. The van der Waals surface area contributed by atoms with E-state index < -0.39 is 11.7 Å². The van der Waals surface area contributed by atoms with Gasteiger partial charge in [0.05, 0.1) is 16.4 Å². The van der Waals surface area contributed by atoms with Crippen LogP contribution >= 0.6 is 11.3 Å². The third-order valence-corrected chi connectivity index (χ3v) is 4.30. The van der Waals surface area contributed by atoms with Crippen LogP contribution in [0.25, 0.3) is 10.6 Å². The summed E-state index contributed by atoms with van der Waals surface area (Å²) in [6, 6.07) is 4.95. The number of nitrogens with zero attached hydrogens (tertiary/aromatic N) is 1. The molecule has 0 saturated heterocycles. The van der Waals surface area contributed by atoms with Gasteiger partial charge in [-0.15, -0.1) is 11.3 Å². The fourth-order valence-corrected chi connectivity index (χ4v) is 2.76. The Hall–Kier alpha value is -1.89. The summed E-state index contributed by atoms with van der Waals surface area (Å²) in [4.78, 5) is 16.5. The molecular weight excluding hydrogens is 315 g/mol. The molecule has 1 aliphatic rings. The van der Waals surface area contributed by atoms with E-state index in [1.165, 1.54) is 17.4 Å². The van der Waals surface area contributed by atoms with Crippen molar-refractivity contribution in [2.45, 2.75) is 25.9 Å². The van der Waals surface area contributed by atoms with E-state index in [1.54, 1.807) is 13.0 Å². The highest BCUT2D eigenvalue weighted by molar-refractivity contribution is 7.15. The Morgan fingerprint density at radius 3 is 2.73 bits per heavy atom. The number of carbonyl (C=O) groups is 1. The van der Waals surface area contributed by atoms with Gasteiger partial charge in [0.25, 0.3) is 0 Å². The summed E-state index contributed by atoms with van der Waals surface area (Å²) in [5.74, 6) is -0.184. The van der Waals surface area contributed by atoms with Gasteiger partial charge in [0.1, 0.15) is 5.01 Å². The highest BCUT2D eigenvalue weighted by Gasteiger charge is 2.33. The first-order valence-electron chi connectivity index (χ1n) is 6.71. The number of rotatable bonds is 3. The zero-order valence-electron chi connectivity index (χ0n) is 11.6. The molecule has 0 amide bonds. The maximum absolute atomic E-state index is 12.7. The normalized spacial score (nSPS) is 14.9. The molecule has 0 atom stereocenters. The fraction of sp³-hybridized carbons (Fsp3) is 0.333. The van der Waals surface area contributed by atoms with Gasteiger partial charge in [-0.3, -0.25) is 4.79 Å². The van der Waals surface area contributed by atoms with Gasteiger partial charge in [0.15, 0.2) is 0 Å². The number of hydrogen-bond donors (Lipinski definition) is 0. The van der Waals surface area contributed by atoms with Crippen molar-refractivity contribution in [1.82, 2.24) is 4.98 Å². The van der Waals surface area contributed by atoms with E-state index in [0.29, 0.717) is 15.4 Å². The van der Waals surface area contributed by atoms with Crippen molar-refractivity contribution in [2.24, 2.45) is 5.92 Å². The number of ether oxygens (including phenoxy) is 1. The minimum absolute atomic E-state index is 0.0573. The van der Waals surface area contributed by atoms with E-state index in [1.807, 2.05) is 0 Å². The highest BCUT2D eigenvalue weighted by atomic mass is 32.1. The van der Waals surface area contributed by atoms with Crippen LogP contribution in [0.5, 0.6) is 5.88 Å². The molecule has 1 aliphatic carbocycles. The van der Waals surface area contributed by atoms with Gasteiger partial charge in [-0.25, -0.2) is 4.98 Å². The van der Waals surface area contributed by atoms with Crippen molar-refractivity contribution in [1.29, 1.82) is 0 Å². The van der Waals surface area contributed by atoms with Gasteiger partial charge in [0, 0.05) is 5.56 Å². The van der Waals surface area contributed by atoms with Crippen LogP contribution in [0.1, 0.15) is 23.3 Å². The van der Waals surface area contributed by atoms with Crippen LogP contribution < -0.4 is 4.74 Å². The van der Waals surface area contributed by atoms with Crippen LogP contribution in [0, 0.1) is 12.8 Å². The van der Waals surface area contributed by atoms with Crippen molar-refractivity contribution in [3.8, 4) is 16.5 Å². The lowest BCUT2D eigenvalue weighted by molar-refractivity contribution is -0.137. The predicted molar refractivity (Wildman–Crippen MR) is 75.6 cm³/mol. The van der Waals surface area contributed by atoms with Crippen LogP contribution in [-0.4, -0.2) is 11.0 Å². The zero-order chi connectivity index (χ0) is 15.9. The quantitative estimate of drug-likeness (QED) is 0.782. The monoisotopic (exact) mass is 327 g/mol. The minimum Gasteiger partial charge on any atom is -0.406 e. The van der Waals surface area contributed by atoms with Crippen molar-refractivity contribution in [2.75, 3.05) is 0 Å². The maximum Gasteiger partial charge on any atom is 0.416 e. The van der Waals surface area contributed by atoms with E-state index in [9.17, 15) is 18.0 Å². The molecule has 0 unspecified atom stereocenters. The van der Waals surface area contributed by atoms with Crippen LogP contribution in [0.15, 0.2) is 24.3 Å². The number of thiazole rings is 1. The number of hydrogen-bond acceptors (Lipinski definition) is 4. The molecule has 3 nitrogen and oxygen atoms in total. The fourth-order valence-electron chi connectivity index (χ4n) is 1.93. The third-order valence-electron chi connectivity index (χ3n) is 3.30. The predicted octanol–water partition coefficient (Wildman–Crippen LogP) is 4.45. The average Bonchev–Trinajstić information content (AvgIpc) is 3.24. The Morgan fingerprint density at radius 1 is 1.36 bits per heavy atom. The molecule has 0 radical (unpaired) electrons. The van der Waals surface area contributed by atoms with Crippen molar-refractivity contribution in [3.05, 3.63) is 34.7 Å². The molecule has 0 N–H and O–H groups in total. The van der Waals surface area contributed by atoms with E-state index in [0.717, 1.165) is 25.0 Å². The van der Waals surface area contributed by atoms with E-state index in [-0.39, 0.29) is 17.8 Å². The van der Waals surface area contributed by atoms with Gasteiger partial charge in [-0.05, 0) is 31.9 Å². The first-order valence-corrected chi connectivity index (χ1v) is 7.53. The number of carbonyl (C=O) groups excluding carboxylic acids is 1.